The Kier molecular flexibility index (Phi) is 3.06. The third kappa shape index (κ3) is 1.91. The van der Waals surface area contributed by atoms with E-state index < -0.39 is 0 Å². The van der Waals surface area contributed by atoms with Gasteiger partial charge in [0, 0.05) is 12.7 Å². The number of nitrogens with two attached hydrogens (primary N) is 1. The molecule has 18 heavy (non-hydrogen) atoms. The van der Waals surface area contributed by atoms with Gasteiger partial charge >= 0.3 is 0 Å². The van der Waals surface area contributed by atoms with E-state index in [-0.39, 0.29) is 0 Å². The highest BCUT2D eigenvalue weighted by Gasteiger charge is 2.24. The summed E-state index contributed by atoms with van der Waals surface area (Å²) < 4.78 is 2.20. The molecule has 0 bridgehead atoms. The predicted molar refractivity (Wildman–Crippen MR) is 72.3 cm³/mol. The lowest BCUT2D eigenvalue weighted by Crippen LogP contribution is -2.30. The molecule has 2 aromatic heterocycles. The number of fused-ring (bicyclic) bond motifs is 1. The summed E-state index contributed by atoms with van der Waals surface area (Å²) in [5.41, 5.74) is 7.98. The number of aromatic nitrogens is 2. The fourth-order valence-corrected chi connectivity index (χ4v) is 2.84. The Morgan fingerprint density at radius 1 is 1.44 bits per heavy atom. The van der Waals surface area contributed by atoms with Crippen LogP contribution in [0.4, 0.5) is 0 Å². The molecule has 4 heteroatoms. The highest BCUT2D eigenvalue weighted by molar-refractivity contribution is 5.48. The average molecular weight is 244 g/mol. The smallest absolute Gasteiger partial charge is 0.130 e. The van der Waals surface area contributed by atoms with Crippen LogP contribution in [-0.2, 0) is 6.54 Å². The van der Waals surface area contributed by atoms with Gasteiger partial charge in [0.25, 0.3) is 0 Å². The first-order chi connectivity index (χ1) is 8.79. The Bertz CT molecular complexity index is 546. The van der Waals surface area contributed by atoms with Crippen molar-refractivity contribution in [3.05, 3.63) is 35.9 Å². The van der Waals surface area contributed by atoms with Gasteiger partial charge in [-0.05, 0) is 44.1 Å². The number of hydrogen-bond acceptors (Lipinski definition) is 3. The van der Waals surface area contributed by atoms with Crippen LogP contribution in [0.15, 0.2) is 24.5 Å². The van der Waals surface area contributed by atoms with E-state index in [0.717, 1.165) is 16.9 Å². The number of rotatable bonds is 2. The molecule has 3 rings (SSSR count). The maximum atomic E-state index is 5.67. The molecule has 1 fully saturated rings. The van der Waals surface area contributed by atoms with Gasteiger partial charge in [-0.15, -0.1) is 0 Å². The van der Waals surface area contributed by atoms with Crippen molar-refractivity contribution in [1.29, 1.82) is 0 Å². The Morgan fingerprint density at radius 3 is 3.11 bits per heavy atom. The molecule has 0 amide bonds. The summed E-state index contributed by atoms with van der Waals surface area (Å²) in [6.45, 7) is 1.75. The molecule has 0 radical (unpaired) electrons. The van der Waals surface area contributed by atoms with Gasteiger partial charge in [0.2, 0.25) is 0 Å². The van der Waals surface area contributed by atoms with Crippen LogP contribution in [0.3, 0.4) is 0 Å². The van der Waals surface area contributed by atoms with Crippen LogP contribution in [0.1, 0.15) is 36.7 Å². The number of likely N-dealkylation sites (tertiary alicyclic amines) is 1. The van der Waals surface area contributed by atoms with Crippen molar-refractivity contribution in [3.63, 3.8) is 0 Å². The Balaban J connectivity index is 2.01. The van der Waals surface area contributed by atoms with Crippen LogP contribution in [0.25, 0.3) is 5.52 Å². The number of hydrogen-bond donors (Lipinski definition) is 1. The zero-order chi connectivity index (χ0) is 12.5. The van der Waals surface area contributed by atoms with Gasteiger partial charge in [0.05, 0.1) is 17.8 Å². The van der Waals surface area contributed by atoms with Gasteiger partial charge < -0.3 is 10.1 Å². The summed E-state index contributed by atoms with van der Waals surface area (Å²) in [5, 5.41) is 0. The van der Waals surface area contributed by atoms with Gasteiger partial charge in [0.15, 0.2) is 0 Å². The van der Waals surface area contributed by atoms with Crippen LogP contribution in [0.2, 0.25) is 0 Å². The molecule has 0 spiro atoms. The van der Waals surface area contributed by atoms with E-state index in [1.54, 1.807) is 0 Å². The second-order valence-electron chi connectivity index (χ2n) is 5.14. The van der Waals surface area contributed by atoms with Crippen LogP contribution < -0.4 is 5.73 Å². The third-order valence-electron chi connectivity index (χ3n) is 3.93. The molecule has 2 aromatic rings. The quantitative estimate of drug-likeness (QED) is 0.878. The summed E-state index contributed by atoms with van der Waals surface area (Å²) in [7, 11) is 2.19. The minimum Gasteiger partial charge on any atom is -0.326 e. The minimum atomic E-state index is 0.449. The van der Waals surface area contributed by atoms with Crippen molar-refractivity contribution in [2.24, 2.45) is 5.73 Å². The molecule has 3 heterocycles. The van der Waals surface area contributed by atoms with E-state index in [4.69, 9.17) is 5.73 Å². The summed E-state index contributed by atoms with van der Waals surface area (Å²) in [6, 6.07) is 4.66. The monoisotopic (exact) mass is 244 g/mol. The molecule has 1 unspecified atom stereocenters. The van der Waals surface area contributed by atoms with E-state index >= 15 is 0 Å². The van der Waals surface area contributed by atoms with Crippen LogP contribution in [0.5, 0.6) is 0 Å². The first kappa shape index (κ1) is 11.7. The highest BCUT2D eigenvalue weighted by atomic mass is 15.2. The molecule has 1 atom stereocenters. The lowest BCUT2D eigenvalue weighted by Gasteiger charge is -2.31. The Morgan fingerprint density at radius 2 is 2.33 bits per heavy atom. The lowest BCUT2D eigenvalue weighted by molar-refractivity contribution is 0.179. The predicted octanol–water partition coefficient (Wildman–Crippen LogP) is 1.95. The first-order valence-electron chi connectivity index (χ1n) is 6.66. The second-order valence-corrected chi connectivity index (χ2v) is 5.14. The summed E-state index contributed by atoms with van der Waals surface area (Å²) in [4.78, 5) is 7.04. The highest BCUT2D eigenvalue weighted by Crippen LogP contribution is 2.29. The van der Waals surface area contributed by atoms with Crippen molar-refractivity contribution < 1.29 is 0 Å². The SMILES string of the molecule is CN1CCCCC1c1ncc2cc(CN)ccn12. The molecule has 0 aromatic carbocycles. The van der Waals surface area contributed by atoms with Crippen molar-refractivity contribution in [1.82, 2.24) is 14.3 Å². The lowest BCUT2D eigenvalue weighted by atomic mass is 10.0. The topological polar surface area (TPSA) is 46.6 Å². The molecule has 1 aliphatic heterocycles. The van der Waals surface area contributed by atoms with E-state index in [1.807, 2.05) is 6.20 Å². The maximum Gasteiger partial charge on any atom is 0.130 e. The largest absolute Gasteiger partial charge is 0.326 e. The van der Waals surface area contributed by atoms with E-state index in [9.17, 15) is 0 Å². The van der Waals surface area contributed by atoms with Crippen molar-refractivity contribution in [3.8, 4) is 0 Å². The Hall–Kier alpha value is -1.39. The fourth-order valence-electron chi connectivity index (χ4n) is 2.84. The zero-order valence-corrected chi connectivity index (χ0v) is 10.8. The van der Waals surface area contributed by atoms with Crippen molar-refractivity contribution in [2.75, 3.05) is 13.6 Å². The molecule has 96 valence electrons. The minimum absolute atomic E-state index is 0.449. The zero-order valence-electron chi connectivity index (χ0n) is 10.8. The van der Waals surface area contributed by atoms with Crippen LogP contribution in [-0.4, -0.2) is 27.9 Å². The van der Waals surface area contributed by atoms with Gasteiger partial charge in [0.1, 0.15) is 5.82 Å². The van der Waals surface area contributed by atoms with Gasteiger partial charge in [-0.1, -0.05) is 6.42 Å². The number of nitrogens with zero attached hydrogens (tertiary/aromatic N) is 3. The fraction of sp³-hybridized carbons (Fsp3) is 0.500. The van der Waals surface area contributed by atoms with E-state index in [0.29, 0.717) is 12.6 Å². The van der Waals surface area contributed by atoms with Crippen molar-refractivity contribution in [2.45, 2.75) is 31.8 Å². The summed E-state index contributed by atoms with van der Waals surface area (Å²) >= 11 is 0. The number of imidazole rings is 1. The van der Waals surface area contributed by atoms with E-state index in [2.05, 4.69) is 39.7 Å². The maximum absolute atomic E-state index is 5.67. The van der Waals surface area contributed by atoms with Gasteiger partial charge in [-0.2, -0.15) is 0 Å². The summed E-state index contributed by atoms with van der Waals surface area (Å²) in [6.07, 6.45) is 7.85. The van der Waals surface area contributed by atoms with E-state index in [1.165, 1.54) is 25.8 Å². The molecule has 0 aliphatic carbocycles. The normalized spacial score (nSPS) is 21.6. The third-order valence-corrected chi connectivity index (χ3v) is 3.93. The molecular weight excluding hydrogens is 224 g/mol. The van der Waals surface area contributed by atoms with Crippen LogP contribution in [0, 0.1) is 0 Å². The Labute approximate surface area is 107 Å². The summed E-state index contributed by atoms with van der Waals surface area (Å²) in [5.74, 6) is 1.16. The molecule has 4 nitrogen and oxygen atoms in total. The molecule has 1 aliphatic rings. The van der Waals surface area contributed by atoms with Gasteiger partial charge in [-0.25, -0.2) is 4.98 Å². The molecule has 0 saturated carbocycles. The second kappa shape index (κ2) is 4.71. The standard InChI is InChI=1S/C14H20N4/c1-17-6-3-2-4-13(17)14-16-10-12-8-11(9-15)5-7-18(12)14/h5,7-8,10,13H,2-4,6,9,15H2,1H3. The molecule has 2 N–H and O–H groups in total. The van der Waals surface area contributed by atoms with Crippen molar-refractivity contribution >= 4 is 5.52 Å². The van der Waals surface area contributed by atoms with Gasteiger partial charge in [-0.3, -0.25) is 4.90 Å². The molecular formula is C14H20N4. The average Bonchev–Trinajstić information content (AvgIpc) is 2.82. The molecule has 1 saturated heterocycles. The first-order valence-corrected chi connectivity index (χ1v) is 6.66. The number of piperidine rings is 1. The van der Waals surface area contributed by atoms with Crippen LogP contribution >= 0.6 is 0 Å². The number of pyridine rings is 1.